The highest BCUT2D eigenvalue weighted by Crippen LogP contribution is 2.37. The SMILES string of the molecule is NC(=O)c1cccc2c1c1c(OCC(=O)O)cncc1n2Cc1cc(F)c(F)c(F)c1. The van der Waals surface area contributed by atoms with E-state index < -0.39 is 35.9 Å². The van der Waals surface area contributed by atoms with Gasteiger partial charge in [0.15, 0.2) is 24.1 Å². The van der Waals surface area contributed by atoms with Crippen LogP contribution in [-0.2, 0) is 11.3 Å². The summed E-state index contributed by atoms with van der Waals surface area (Å²) in [6, 6.07) is 6.46. The summed E-state index contributed by atoms with van der Waals surface area (Å²) in [6.45, 7) is -0.749. The van der Waals surface area contributed by atoms with Gasteiger partial charge in [-0.3, -0.25) is 9.78 Å². The number of aromatic nitrogens is 2. The standard InChI is InChI=1S/C21H14F3N3O4/c22-12-4-10(5-13(23)20(12)24)8-27-14-3-1-2-11(21(25)30)18(14)19-15(27)6-26-7-16(19)31-9-17(28)29/h1-7H,8-9H2,(H2,25,30)(H,28,29). The van der Waals surface area contributed by atoms with Gasteiger partial charge in [-0.1, -0.05) is 6.07 Å². The zero-order valence-electron chi connectivity index (χ0n) is 15.7. The quantitative estimate of drug-likeness (QED) is 0.458. The van der Waals surface area contributed by atoms with Gasteiger partial charge in [-0.15, -0.1) is 0 Å². The predicted molar refractivity (Wildman–Crippen MR) is 104 cm³/mol. The highest BCUT2D eigenvalue weighted by atomic mass is 19.2. The van der Waals surface area contributed by atoms with Gasteiger partial charge in [-0.05, 0) is 29.8 Å². The molecule has 0 atom stereocenters. The first kappa shape index (κ1) is 20.2. The first-order chi connectivity index (χ1) is 14.8. The molecule has 1 amide bonds. The van der Waals surface area contributed by atoms with E-state index in [0.717, 1.165) is 12.1 Å². The van der Waals surface area contributed by atoms with Crippen molar-refractivity contribution in [3.05, 3.63) is 71.3 Å². The van der Waals surface area contributed by atoms with Crippen LogP contribution in [0.15, 0.2) is 42.7 Å². The number of halogens is 3. The van der Waals surface area contributed by atoms with Gasteiger partial charge in [0, 0.05) is 17.5 Å². The van der Waals surface area contributed by atoms with E-state index >= 15 is 0 Å². The zero-order chi connectivity index (χ0) is 22.3. The number of nitrogens with two attached hydrogens (primary N) is 1. The number of carbonyl (C=O) groups excluding carboxylic acids is 1. The van der Waals surface area contributed by atoms with E-state index in [4.69, 9.17) is 15.6 Å². The molecule has 158 valence electrons. The Kier molecular flexibility index (Phi) is 4.97. The number of carboxylic acid groups (broad SMARTS) is 1. The number of carboxylic acids is 1. The Hall–Kier alpha value is -4.08. The number of carbonyl (C=O) groups is 2. The topological polar surface area (TPSA) is 107 Å². The molecule has 10 heteroatoms. The molecule has 0 aliphatic carbocycles. The average molecular weight is 429 g/mol. The number of pyridine rings is 1. The van der Waals surface area contributed by atoms with E-state index in [9.17, 15) is 22.8 Å². The fourth-order valence-electron chi connectivity index (χ4n) is 3.55. The predicted octanol–water partition coefficient (Wildman–Crippen LogP) is 3.22. The summed E-state index contributed by atoms with van der Waals surface area (Å²) < 4.78 is 47.8. The molecular weight excluding hydrogens is 415 g/mol. The average Bonchev–Trinajstić information content (AvgIpc) is 3.04. The van der Waals surface area contributed by atoms with Crippen LogP contribution in [0.3, 0.4) is 0 Å². The molecule has 0 spiro atoms. The Labute approximate surface area is 172 Å². The van der Waals surface area contributed by atoms with Gasteiger partial charge in [0.2, 0.25) is 5.91 Å². The second-order valence-corrected chi connectivity index (χ2v) is 6.74. The molecule has 7 nitrogen and oxygen atoms in total. The molecule has 0 saturated heterocycles. The van der Waals surface area contributed by atoms with E-state index in [1.165, 1.54) is 18.5 Å². The molecule has 0 saturated carbocycles. The van der Waals surface area contributed by atoms with Crippen LogP contribution in [-0.4, -0.2) is 33.1 Å². The number of primary amides is 1. The van der Waals surface area contributed by atoms with Crippen LogP contribution >= 0.6 is 0 Å². The lowest BCUT2D eigenvalue weighted by Gasteiger charge is -2.09. The number of benzene rings is 2. The van der Waals surface area contributed by atoms with Crippen molar-refractivity contribution >= 4 is 33.7 Å². The van der Waals surface area contributed by atoms with Crippen LogP contribution in [0.25, 0.3) is 21.8 Å². The van der Waals surface area contributed by atoms with Crippen LogP contribution in [0.4, 0.5) is 13.2 Å². The lowest BCUT2D eigenvalue weighted by molar-refractivity contribution is -0.139. The van der Waals surface area contributed by atoms with Crippen molar-refractivity contribution in [3.63, 3.8) is 0 Å². The van der Waals surface area contributed by atoms with Gasteiger partial charge in [-0.2, -0.15) is 0 Å². The normalized spacial score (nSPS) is 11.2. The molecule has 0 aliphatic rings. The van der Waals surface area contributed by atoms with Crippen LogP contribution in [0, 0.1) is 17.5 Å². The molecular formula is C21H14F3N3O4. The number of hydrogen-bond donors (Lipinski definition) is 2. The zero-order valence-corrected chi connectivity index (χ0v) is 15.7. The molecule has 4 rings (SSSR count). The number of amides is 1. The minimum absolute atomic E-state index is 0.0915. The van der Waals surface area contributed by atoms with Crippen LogP contribution < -0.4 is 10.5 Å². The van der Waals surface area contributed by atoms with Crippen molar-refractivity contribution in [2.75, 3.05) is 6.61 Å². The monoisotopic (exact) mass is 429 g/mol. The number of nitrogens with zero attached hydrogens (tertiary/aromatic N) is 2. The second kappa shape index (κ2) is 7.63. The van der Waals surface area contributed by atoms with Crippen molar-refractivity contribution in [2.45, 2.75) is 6.54 Å². The molecule has 2 aromatic heterocycles. The van der Waals surface area contributed by atoms with E-state index in [0.29, 0.717) is 21.8 Å². The first-order valence-electron chi connectivity index (χ1n) is 8.94. The largest absolute Gasteiger partial charge is 0.480 e. The minimum atomic E-state index is -1.58. The number of fused-ring (bicyclic) bond motifs is 3. The molecule has 0 radical (unpaired) electrons. The Morgan fingerprint density at radius 2 is 1.77 bits per heavy atom. The van der Waals surface area contributed by atoms with Crippen LogP contribution in [0.2, 0.25) is 0 Å². The van der Waals surface area contributed by atoms with Gasteiger partial charge >= 0.3 is 5.97 Å². The maximum Gasteiger partial charge on any atom is 0.341 e. The van der Waals surface area contributed by atoms with Gasteiger partial charge < -0.3 is 20.1 Å². The molecule has 0 bridgehead atoms. The summed E-state index contributed by atoms with van der Waals surface area (Å²) in [6.07, 6.45) is 2.73. The molecule has 4 aromatic rings. The molecule has 0 unspecified atom stereocenters. The minimum Gasteiger partial charge on any atom is -0.480 e. The highest BCUT2D eigenvalue weighted by Gasteiger charge is 2.21. The molecule has 0 aliphatic heterocycles. The van der Waals surface area contributed by atoms with Crippen molar-refractivity contribution in [2.24, 2.45) is 5.73 Å². The molecule has 3 N–H and O–H groups in total. The van der Waals surface area contributed by atoms with Gasteiger partial charge in [0.1, 0.15) is 5.75 Å². The maximum atomic E-state index is 13.7. The third kappa shape index (κ3) is 3.52. The number of aliphatic carboxylic acids is 1. The maximum absolute atomic E-state index is 13.7. The summed E-state index contributed by atoms with van der Waals surface area (Å²) >= 11 is 0. The molecule has 31 heavy (non-hydrogen) atoms. The smallest absolute Gasteiger partial charge is 0.341 e. The summed E-state index contributed by atoms with van der Waals surface area (Å²) in [4.78, 5) is 27.1. The Bertz CT molecular complexity index is 1340. The summed E-state index contributed by atoms with van der Waals surface area (Å²) in [7, 11) is 0. The van der Waals surface area contributed by atoms with E-state index in [2.05, 4.69) is 4.98 Å². The third-order valence-corrected chi connectivity index (χ3v) is 4.77. The first-order valence-corrected chi connectivity index (χ1v) is 8.94. The molecule has 2 heterocycles. The van der Waals surface area contributed by atoms with Crippen molar-refractivity contribution in [3.8, 4) is 5.75 Å². The van der Waals surface area contributed by atoms with Crippen molar-refractivity contribution in [1.29, 1.82) is 0 Å². The van der Waals surface area contributed by atoms with E-state index in [1.807, 2.05) is 0 Å². The Morgan fingerprint density at radius 1 is 1.06 bits per heavy atom. The molecule has 2 aromatic carbocycles. The lowest BCUT2D eigenvalue weighted by Crippen LogP contribution is -2.11. The van der Waals surface area contributed by atoms with Gasteiger partial charge in [-0.25, -0.2) is 18.0 Å². The van der Waals surface area contributed by atoms with E-state index in [-0.39, 0.29) is 23.4 Å². The fourth-order valence-corrected chi connectivity index (χ4v) is 3.55. The van der Waals surface area contributed by atoms with Gasteiger partial charge in [0.05, 0.1) is 28.8 Å². The number of ether oxygens (including phenoxy) is 1. The lowest BCUT2D eigenvalue weighted by atomic mass is 10.1. The Balaban J connectivity index is 2.01. The third-order valence-electron chi connectivity index (χ3n) is 4.77. The summed E-state index contributed by atoms with van der Waals surface area (Å²) in [5.41, 5.74) is 6.65. The van der Waals surface area contributed by atoms with Crippen LogP contribution in [0.1, 0.15) is 15.9 Å². The van der Waals surface area contributed by atoms with E-state index in [1.54, 1.807) is 16.7 Å². The van der Waals surface area contributed by atoms with Crippen molar-refractivity contribution in [1.82, 2.24) is 9.55 Å². The molecule has 0 fully saturated rings. The second-order valence-electron chi connectivity index (χ2n) is 6.74. The number of rotatable bonds is 6. The summed E-state index contributed by atoms with van der Waals surface area (Å²) in [5, 5.41) is 9.69. The Morgan fingerprint density at radius 3 is 2.42 bits per heavy atom. The summed E-state index contributed by atoms with van der Waals surface area (Å²) in [5.74, 6) is -6.10. The van der Waals surface area contributed by atoms with Gasteiger partial charge in [0.25, 0.3) is 0 Å². The fraction of sp³-hybridized carbons (Fsp3) is 0.0952. The van der Waals surface area contributed by atoms with Crippen LogP contribution in [0.5, 0.6) is 5.75 Å². The van der Waals surface area contributed by atoms with Crippen molar-refractivity contribution < 1.29 is 32.6 Å². The number of hydrogen-bond acceptors (Lipinski definition) is 4. The highest BCUT2D eigenvalue weighted by molar-refractivity contribution is 6.19.